The predicted octanol–water partition coefficient (Wildman–Crippen LogP) is 2.29. The van der Waals surface area contributed by atoms with Crippen LogP contribution in [0.3, 0.4) is 0 Å². The van der Waals surface area contributed by atoms with Gasteiger partial charge in [0, 0.05) is 5.56 Å². The van der Waals surface area contributed by atoms with Gasteiger partial charge in [0.15, 0.2) is 0 Å². The monoisotopic (exact) mass is 292 g/mol. The summed E-state index contributed by atoms with van der Waals surface area (Å²) in [6.07, 6.45) is 0. The number of hydrogen-bond acceptors (Lipinski definition) is 4. The third-order valence-corrected chi connectivity index (χ3v) is 3.65. The zero-order valence-corrected chi connectivity index (χ0v) is 13.3. The van der Waals surface area contributed by atoms with E-state index in [0.29, 0.717) is 12.2 Å². The number of rotatable bonds is 5. The van der Waals surface area contributed by atoms with Gasteiger partial charge in [-0.25, -0.2) is 10.2 Å². The van der Waals surface area contributed by atoms with E-state index in [0.717, 1.165) is 0 Å². The maximum absolute atomic E-state index is 12.2. The Balaban J connectivity index is 2.84. The maximum atomic E-state index is 12.2. The number of hydrazine groups is 1. The molecule has 1 amide bonds. The molecule has 5 nitrogen and oxygen atoms in total. The normalized spacial score (nSPS) is 14.1. The molecule has 0 fully saturated rings. The van der Waals surface area contributed by atoms with Gasteiger partial charge in [-0.1, -0.05) is 39.0 Å². The van der Waals surface area contributed by atoms with E-state index in [-0.39, 0.29) is 5.91 Å². The molecule has 21 heavy (non-hydrogen) atoms. The van der Waals surface area contributed by atoms with E-state index in [2.05, 4.69) is 10.9 Å². The van der Waals surface area contributed by atoms with E-state index in [1.54, 1.807) is 38.1 Å². The van der Waals surface area contributed by atoms with Gasteiger partial charge < -0.3 is 4.74 Å². The largest absolute Gasteiger partial charge is 0.465 e. The van der Waals surface area contributed by atoms with Gasteiger partial charge in [0.1, 0.15) is 5.54 Å². The van der Waals surface area contributed by atoms with Crippen molar-refractivity contribution in [3.63, 3.8) is 0 Å². The second-order valence-corrected chi connectivity index (χ2v) is 6.04. The molecule has 0 aromatic heterocycles. The van der Waals surface area contributed by atoms with Gasteiger partial charge in [0.2, 0.25) is 0 Å². The van der Waals surface area contributed by atoms with E-state index < -0.39 is 16.9 Å². The molecular weight excluding hydrogens is 268 g/mol. The topological polar surface area (TPSA) is 67.4 Å². The lowest BCUT2D eigenvalue weighted by atomic mass is 9.75. The highest BCUT2D eigenvalue weighted by Gasteiger charge is 2.46. The van der Waals surface area contributed by atoms with Crippen molar-refractivity contribution < 1.29 is 14.3 Å². The van der Waals surface area contributed by atoms with E-state index in [1.165, 1.54) is 0 Å². The standard InChI is InChI=1S/C16H24N2O3/c1-6-21-14(20)16(5,15(2,3)4)18-17-13(19)12-10-8-7-9-11-12/h7-11,18H,6H2,1-5H3,(H,17,19). The van der Waals surface area contributed by atoms with Crippen LogP contribution in [-0.4, -0.2) is 24.0 Å². The Hall–Kier alpha value is -1.88. The van der Waals surface area contributed by atoms with E-state index in [1.807, 2.05) is 26.8 Å². The molecule has 1 unspecified atom stereocenters. The van der Waals surface area contributed by atoms with Gasteiger partial charge >= 0.3 is 5.97 Å². The lowest BCUT2D eigenvalue weighted by molar-refractivity contribution is -0.156. The van der Waals surface area contributed by atoms with Crippen molar-refractivity contribution in [2.24, 2.45) is 5.41 Å². The first kappa shape index (κ1) is 17.2. The van der Waals surface area contributed by atoms with E-state index in [4.69, 9.17) is 4.74 Å². The van der Waals surface area contributed by atoms with Gasteiger partial charge in [-0.3, -0.25) is 10.2 Å². The Morgan fingerprint density at radius 1 is 1.10 bits per heavy atom. The van der Waals surface area contributed by atoms with Crippen molar-refractivity contribution >= 4 is 11.9 Å². The van der Waals surface area contributed by atoms with Crippen LogP contribution in [0.25, 0.3) is 0 Å². The van der Waals surface area contributed by atoms with Crippen molar-refractivity contribution in [1.29, 1.82) is 0 Å². The molecule has 1 atom stereocenters. The minimum Gasteiger partial charge on any atom is -0.465 e. The molecule has 0 aliphatic rings. The molecule has 0 radical (unpaired) electrons. The summed E-state index contributed by atoms with van der Waals surface area (Å²) < 4.78 is 5.12. The zero-order valence-electron chi connectivity index (χ0n) is 13.3. The highest BCUT2D eigenvalue weighted by atomic mass is 16.5. The fraction of sp³-hybridized carbons (Fsp3) is 0.500. The number of carbonyl (C=O) groups is 2. The molecular formula is C16H24N2O3. The molecule has 116 valence electrons. The first-order chi connectivity index (χ1) is 9.72. The highest BCUT2D eigenvalue weighted by Crippen LogP contribution is 2.30. The van der Waals surface area contributed by atoms with E-state index >= 15 is 0 Å². The van der Waals surface area contributed by atoms with Crippen molar-refractivity contribution in [3.8, 4) is 0 Å². The number of carbonyl (C=O) groups excluding carboxylic acids is 2. The lowest BCUT2D eigenvalue weighted by Gasteiger charge is -2.39. The Bertz CT molecular complexity index is 494. The van der Waals surface area contributed by atoms with Gasteiger partial charge in [-0.15, -0.1) is 0 Å². The van der Waals surface area contributed by atoms with Crippen molar-refractivity contribution in [2.45, 2.75) is 40.2 Å². The van der Waals surface area contributed by atoms with Crippen LogP contribution in [0.2, 0.25) is 0 Å². The van der Waals surface area contributed by atoms with Crippen LogP contribution in [0.1, 0.15) is 45.0 Å². The summed E-state index contributed by atoms with van der Waals surface area (Å²) in [7, 11) is 0. The van der Waals surface area contributed by atoms with Crippen molar-refractivity contribution in [2.75, 3.05) is 6.61 Å². The summed E-state index contributed by atoms with van der Waals surface area (Å²) in [6, 6.07) is 8.81. The predicted molar refractivity (Wildman–Crippen MR) is 81.5 cm³/mol. The lowest BCUT2D eigenvalue weighted by Crippen LogP contribution is -2.64. The quantitative estimate of drug-likeness (QED) is 0.645. The van der Waals surface area contributed by atoms with Gasteiger partial charge in [-0.05, 0) is 31.4 Å². The van der Waals surface area contributed by atoms with Crippen LogP contribution in [0.15, 0.2) is 30.3 Å². The number of amides is 1. The number of esters is 1. The number of ether oxygens (including phenoxy) is 1. The third-order valence-electron chi connectivity index (χ3n) is 3.65. The molecule has 2 N–H and O–H groups in total. The average molecular weight is 292 g/mol. The minimum atomic E-state index is -1.03. The molecule has 1 aromatic carbocycles. The van der Waals surface area contributed by atoms with Gasteiger partial charge in [0.05, 0.1) is 6.61 Å². The molecule has 0 saturated heterocycles. The fourth-order valence-corrected chi connectivity index (χ4v) is 1.66. The van der Waals surface area contributed by atoms with Gasteiger partial charge in [-0.2, -0.15) is 0 Å². The summed E-state index contributed by atoms with van der Waals surface area (Å²) in [5.41, 5.74) is 4.48. The summed E-state index contributed by atoms with van der Waals surface area (Å²) in [4.78, 5) is 24.3. The van der Waals surface area contributed by atoms with Crippen LogP contribution >= 0.6 is 0 Å². The summed E-state index contributed by atoms with van der Waals surface area (Å²) in [5.74, 6) is -0.693. The molecule has 0 saturated carbocycles. The van der Waals surface area contributed by atoms with Crippen LogP contribution < -0.4 is 10.9 Å². The SMILES string of the molecule is CCOC(=O)C(C)(NNC(=O)c1ccccc1)C(C)(C)C. The minimum absolute atomic E-state index is 0.290. The Labute approximate surface area is 126 Å². The van der Waals surface area contributed by atoms with Crippen molar-refractivity contribution in [3.05, 3.63) is 35.9 Å². The molecule has 0 aliphatic carbocycles. The first-order valence-electron chi connectivity index (χ1n) is 7.02. The van der Waals surface area contributed by atoms with Gasteiger partial charge in [0.25, 0.3) is 5.91 Å². The second-order valence-electron chi connectivity index (χ2n) is 6.04. The Morgan fingerprint density at radius 2 is 1.67 bits per heavy atom. The highest BCUT2D eigenvalue weighted by molar-refractivity contribution is 5.94. The summed E-state index contributed by atoms with van der Waals surface area (Å²) >= 11 is 0. The summed E-state index contributed by atoms with van der Waals surface area (Å²) in [5, 5.41) is 0. The van der Waals surface area contributed by atoms with E-state index in [9.17, 15) is 9.59 Å². The first-order valence-corrected chi connectivity index (χ1v) is 7.02. The zero-order chi connectivity index (χ0) is 16.1. The van der Waals surface area contributed by atoms with Crippen LogP contribution in [0.4, 0.5) is 0 Å². The van der Waals surface area contributed by atoms with Crippen molar-refractivity contribution in [1.82, 2.24) is 10.9 Å². The molecule has 5 heteroatoms. The summed E-state index contributed by atoms with van der Waals surface area (Å²) in [6.45, 7) is 9.49. The number of hydrogen-bond donors (Lipinski definition) is 2. The number of nitrogens with one attached hydrogen (secondary N) is 2. The molecule has 0 heterocycles. The van der Waals surface area contributed by atoms with Crippen LogP contribution in [0, 0.1) is 5.41 Å². The Kier molecular flexibility index (Phi) is 5.49. The Morgan fingerprint density at radius 3 is 2.14 bits per heavy atom. The molecule has 0 bridgehead atoms. The maximum Gasteiger partial charge on any atom is 0.328 e. The van der Waals surface area contributed by atoms with Crippen LogP contribution in [-0.2, 0) is 9.53 Å². The number of benzene rings is 1. The molecule has 0 aliphatic heterocycles. The smallest absolute Gasteiger partial charge is 0.328 e. The third kappa shape index (κ3) is 4.04. The molecule has 1 aromatic rings. The van der Waals surface area contributed by atoms with Crippen LogP contribution in [0.5, 0.6) is 0 Å². The average Bonchev–Trinajstić information content (AvgIpc) is 2.44. The molecule has 0 spiro atoms. The second kappa shape index (κ2) is 6.72. The fourth-order valence-electron chi connectivity index (χ4n) is 1.66. The molecule has 1 rings (SSSR count).